The smallest absolute Gasteiger partial charge is 0.410 e. The third kappa shape index (κ3) is 9.93. The van der Waals surface area contributed by atoms with Gasteiger partial charge in [-0.25, -0.2) is 14.8 Å². The lowest BCUT2D eigenvalue weighted by Gasteiger charge is -2.38. The number of amides is 2. The maximum absolute atomic E-state index is 12.4. The van der Waals surface area contributed by atoms with E-state index in [1.165, 1.54) is 6.92 Å². The number of hydrogen-bond donors (Lipinski definition) is 2. The molecule has 2 N–H and O–H groups in total. The second kappa shape index (κ2) is 14.6. The quantitative estimate of drug-likeness (QED) is 0.305. The molecule has 2 aromatic heterocycles. The molecule has 11 nitrogen and oxygen atoms in total. The molecule has 0 radical (unpaired) electrons. The van der Waals surface area contributed by atoms with Gasteiger partial charge in [-0.05, 0) is 75.6 Å². The van der Waals surface area contributed by atoms with Crippen LogP contribution in [0.5, 0.6) is 11.6 Å². The molecule has 0 bridgehead atoms. The van der Waals surface area contributed by atoms with Gasteiger partial charge in [0.1, 0.15) is 17.2 Å². The highest BCUT2D eigenvalue weighted by molar-refractivity contribution is 6.35. The van der Waals surface area contributed by atoms with Gasteiger partial charge >= 0.3 is 6.09 Å². The summed E-state index contributed by atoms with van der Waals surface area (Å²) in [6.07, 6.45) is 2.46. The zero-order valence-corrected chi connectivity index (χ0v) is 28.8. The number of aromatic nitrogens is 2. The number of piperidine rings is 1. The highest BCUT2D eigenvalue weighted by Gasteiger charge is 2.32. The molecule has 252 valence electrons. The minimum Gasteiger partial charge on any atom is -0.444 e. The van der Waals surface area contributed by atoms with E-state index >= 15 is 0 Å². The van der Waals surface area contributed by atoms with Crippen LogP contribution in [0.4, 0.5) is 10.6 Å². The van der Waals surface area contributed by atoms with E-state index in [1.807, 2.05) is 57.2 Å². The van der Waals surface area contributed by atoms with Gasteiger partial charge in [0.05, 0.1) is 17.5 Å². The number of nitrogens with one attached hydrogen (secondary N) is 1. The summed E-state index contributed by atoms with van der Waals surface area (Å²) >= 11 is 12.7. The fourth-order valence-corrected chi connectivity index (χ4v) is 6.11. The van der Waals surface area contributed by atoms with Crippen LogP contribution in [0.3, 0.4) is 0 Å². The maximum atomic E-state index is 12.4. The third-order valence-electron chi connectivity index (χ3n) is 8.08. The van der Waals surface area contributed by atoms with E-state index in [0.29, 0.717) is 86.0 Å². The van der Waals surface area contributed by atoms with Gasteiger partial charge < -0.3 is 29.7 Å². The molecule has 2 amide bonds. The number of pyridine rings is 2. The van der Waals surface area contributed by atoms with Crippen LogP contribution in [0.15, 0.2) is 48.7 Å². The maximum Gasteiger partial charge on any atom is 0.410 e. The minimum absolute atomic E-state index is 0.151. The number of hydrogen-bond acceptors (Lipinski definition) is 9. The normalized spacial score (nSPS) is 16.9. The lowest BCUT2D eigenvalue weighted by Crippen LogP contribution is -2.50. The van der Waals surface area contributed by atoms with E-state index in [9.17, 15) is 14.7 Å². The molecule has 5 rings (SSSR count). The molecule has 1 aromatic carbocycles. The highest BCUT2D eigenvalue weighted by atomic mass is 35.5. The third-order valence-corrected chi connectivity index (χ3v) is 8.51. The van der Waals surface area contributed by atoms with Gasteiger partial charge in [0.25, 0.3) is 0 Å². The fourth-order valence-electron chi connectivity index (χ4n) is 5.59. The first kappa shape index (κ1) is 34.7. The van der Waals surface area contributed by atoms with Gasteiger partial charge in [-0.15, -0.1) is 0 Å². The summed E-state index contributed by atoms with van der Waals surface area (Å²) in [5.74, 6) is 1.57. The second-order valence-electron chi connectivity index (χ2n) is 13.2. The Morgan fingerprint density at radius 3 is 2.26 bits per heavy atom. The molecule has 0 spiro atoms. The van der Waals surface area contributed by atoms with Crippen molar-refractivity contribution in [2.45, 2.75) is 58.3 Å². The number of anilines is 1. The molecule has 0 aliphatic carbocycles. The Kier molecular flexibility index (Phi) is 10.8. The molecule has 2 aliphatic heterocycles. The molecule has 3 aromatic rings. The van der Waals surface area contributed by atoms with Crippen molar-refractivity contribution in [2.75, 3.05) is 50.7 Å². The monoisotopic (exact) mass is 684 g/mol. The van der Waals surface area contributed by atoms with Crippen LogP contribution < -0.4 is 15.0 Å². The zero-order valence-electron chi connectivity index (χ0n) is 27.3. The number of aliphatic hydroxyl groups is 1. The van der Waals surface area contributed by atoms with Crippen molar-refractivity contribution in [3.8, 4) is 22.9 Å². The molecule has 0 atom stereocenters. The highest BCUT2D eigenvalue weighted by Crippen LogP contribution is 2.31. The van der Waals surface area contributed by atoms with Crippen LogP contribution in [0.1, 0.15) is 46.1 Å². The van der Waals surface area contributed by atoms with Crippen molar-refractivity contribution in [1.29, 1.82) is 0 Å². The molecule has 0 saturated carbocycles. The number of halogens is 2. The summed E-state index contributed by atoms with van der Waals surface area (Å²) in [7, 11) is 0. The Bertz CT molecular complexity index is 1550. The van der Waals surface area contributed by atoms with E-state index in [4.69, 9.17) is 37.7 Å². The van der Waals surface area contributed by atoms with E-state index in [-0.39, 0.29) is 18.5 Å². The SMILES string of the molecule is CC(=O)NCC1(O)CCN(Cc2cc(Oc3ccc(N4CCN(C(=O)OC(C)(C)C)CC4)nc3)nc(-c3cc(Cl)cc(Cl)c3)c2)CC1. The lowest BCUT2D eigenvalue weighted by atomic mass is 9.91. The van der Waals surface area contributed by atoms with Gasteiger partial charge in [-0.2, -0.15) is 0 Å². The Hall–Kier alpha value is -3.64. The topological polar surface area (TPSA) is 120 Å². The van der Waals surface area contributed by atoms with Gasteiger partial charge in [0.15, 0.2) is 0 Å². The van der Waals surface area contributed by atoms with E-state index < -0.39 is 11.2 Å². The van der Waals surface area contributed by atoms with Crippen molar-refractivity contribution in [2.24, 2.45) is 0 Å². The first-order valence-corrected chi connectivity index (χ1v) is 16.5. The molecular weight excluding hydrogens is 643 g/mol. The minimum atomic E-state index is -0.914. The molecule has 0 unspecified atom stereocenters. The average molecular weight is 686 g/mol. The Morgan fingerprint density at radius 1 is 0.979 bits per heavy atom. The van der Waals surface area contributed by atoms with Gasteiger partial charge in [-0.1, -0.05) is 23.2 Å². The first-order chi connectivity index (χ1) is 22.2. The predicted octanol–water partition coefficient (Wildman–Crippen LogP) is 5.76. The van der Waals surface area contributed by atoms with Crippen LogP contribution in [-0.2, 0) is 16.1 Å². The lowest BCUT2D eigenvalue weighted by molar-refractivity contribution is -0.120. The van der Waals surface area contributed by atoms with E-state index in [0.717, 1.165) is 16.9 Å². The van der Waals surface area contributed by atoms with Crippen molar-refractivity contribution >= 4 is 41.0 Å². The van der Waals surface area contributed by atoms with Crippen LogP contribution in [0.2, 0.25) is 10.0 Å². The number of rotatable bonds is 8. The average Bonchev–Trinajstić information content (AvgIpc) is 3.00. The molecule has 2 saturated heterocycles. The standard InChI is InChI=1S/C34H42Cl2N6O5/c1-23(43)38-22-34(45)7-9-40(10-8-34)21-24-15-29(25-17-26(35)19-27(36)18-25)39-31(16-24)46-28-5-6-30(37-20-28)41-11-13-42(14-12-41)32(44)47-33(2,3)4/h5-6,15-20,45H,7-14,21-22H2,1-4H3,(H,38,43). The summed E-state index contributed by atoms with van der Waals surface area (Å²) in [5.41, 5.74) is 0.950. The molecule has 2 fully saturated rings. The summed E-state index contributed by atoms with van der Waals surface area (Å²) in [5, 5.41) is 14.7. The Labute approximate surface area is 285 Å². The van der Waals surface area contributed by atoms with E-state index in [1.54, 1.807) is 17.2 Å². The number of piperazine rings is 1. The number of ether oxygens (including phenoxy) is 2. The summed E-state index contributed by atoms with van der Waals surface area (Å²) < 4.78 is 11.7. The molecular formula is C34H42Cl2N6O5. The number of likely N-dealkylation sites (tertiary alicyclic amines) is 1. The van der Waals surface area contributed by atoms with Crippen LogP contribution in [0.25, 0.3) is 11.3 Å². The van der Waals surface area contributed by atoms with E-state index in [2.05, 4.69) is 20.1 Å². The predicted molar refractivity (Wildman–Crippen MR) is 182 cm³/mol. The Morgan fingerprint density at radius 2 is 1.66 bits per heavy atom. The summed E-state index contributed by atoms with van der Waals surface area (Å²) in [4.78, 5) is 39.3. The number of benzene rings is 1. The van der Waals surface area contributed by atoms with Crippen molar-refractivity contribution in [3.05, 3.63) is 64.3 Å². The molecule has 4 heterocycles. The summed E-state index contributed by atoms with van der Waals surface area (Å²) in [6, 6.07) is 12.9. The summed E-state index contributed by atoms with van der Waals surface area (Å²) in [6.45, 7) is 11.6. The number of nitrogens with zero attached hydrogens (tertiary/aromatic N) is 5. The zero-order chi connectivity index (χ0) is 33.8. The first-order valence-electron chi connectivity index (χ1n) is 15.8. The molecule has 13 heteroatoms. The van der Waals surface area contributed by atoms with Gasteiger partial charge in [0.2, 0.25) is 11.8 Å². The van der Waals surface area contributed by atoms with Gasteiger partial charge in [0, 0.05) is 81.0 Å². The van der Waals surface area contributed by atoms with Crippen molar-refractivity contribution in [1.82, 2.24) is 25.1 Å². The van der Waals surface area contributed by atoms with Crippen LogP contribution in [0, 0.1) is 0 Å². The number of carbonyl (C=O) groups is 2. The largest absolute Gasteiger partial charge is 0.444 e. The van der Waals surface area contributed by atoms with Crippen LogP contribution >= 0.6 is 23.2 Å². The van der Waals surface area contributed by atoms with Crippen LogP contribution in [-0.4, -0.2) is 93.9 Å². The molecule has 2 aliphatic rings. The van der Waals surface area contributed by atoms with Crippen molar-refractivity contribution < 1.29 is 24.2 Å². The number of carbonyl (C=O) groups excluding carboxylic acids is 2. The fraction of sp³-hybridized carbons (Fsp3) is 0.471. The van der Waals surface area contributed by atoms with Crippen molar-refractivity contribution in [3.63, 3.8) is 0 Å². The molecule has 47 heavy (non-hydrogen) atoms. The second-order valence-corrected chi connectivity index (χ2v) is 14.0. The Balaban J connectivity index is 1.27. The van der Waals surface area contributed by atoms with Gasteiger partial charge in [-0.3, -0.25) is 9.69 Å².